The molecule has 3 aromatic carbocycles. The molecule has 1 fully saturated rings. The number of thiazole rings is 1. The van der Waals surface area contributed by atoms with Crippen LogP contribution in [0.25, 0.3) is 10.2 Å². The Morgan fingerprint density at radius 2 is 1.73 bits per heavy atom. The molecule has 0 radical (unpaired) electrons. The van der Waals surface area contributed by atoms with Crippen molar-refractivity contribution in [2.75, 3.05) is 63.1 Å². The first-order chi connectivity index (χ1) is 19.8. The number of anilines is 2. The third kappa shape index (κ3) is 6.37. The van der Waals surface area contributed by atoms with Gasteiger partial charge in [0, 0.05) is 39.3 Å². The number of nitrogens with one attached hydrogen (secondary N) is 2. The third-order valence-electron chi connectivity index (χ3n) is 6.79. The molecule has 0 aliphatic carbocycles. The minimum atomic E-state index is -4.00. The van der Waals surface area contributed by atoms with Crippen LogP contribution in [0.1, 0.15) is 10.4 Å². The Bertz CT molecular complexity index is 1640. The fourth-order valence-corrected chi connectivity index (χ4v) is 6.70. The number of benzene rings is 3. The van der Waals surface area contributed by atoms with Crippen molar-refractivity contribution in [3.05, 3.63) is 72.0 Å². The Labute approximate surface area is 241 Å². The quantitative estimate of drug-likeness (QED) is 0.283. The monoisotopic (exact) mass is 599 g/mol. The first kappa shape index (κ1) is 28.6. The highest BCUT2D eigenvalue weighted by molar-refractivity contribution is 7.92. The summed E-state index contributed by atoms with van der Waals surface area (Å²) in [5, 5.41) is 3.82. The van der Waals surface area contributed by atoms with E-state index in [1.165, 1.54) is 18.2 Å². The van der Waals surface area contributed by atoms with Crippen LogP contribution in [-0.4, -0.2) is 77.7 Å². The predicted octanol–water partition coefficient (Wildman–Crippen LogP) is 3.81. The van der Waals surface area contributed by atoms with E-state index in [4.69, 9.17) is 14.5 Å². The first-order valence-electron chi connectivity index (χ1n) is 12.9. The van der Waals surface area contributed by atoms with E-state index in [1.807, 2.05) is 12.1 Å². The van der Waals surface area contributed by atoms with Gasteiger partial charge in [0.05, 0.1) is 35.1 Å². The van der Waals surface area contributed by atoms with Crippen LogP contribution in [0.3, 0.4) is 0 Å². The van der Waals surface area contributed by atoms with Gasteiger partial charge in [0.2, 0.25) is 0 Å². The lowest BCUT2D eigenvalue weighted by Crippen LogP contribution is -2.48. The summed E-state index contributed by atoms with van der Waals surface area (Å²) in [5.74, 6) is 0.354. The Balaban J connectivity index is 1.15. The number of sulfonamides is 1. The summed E-state index contributed by atoms with van der Waals surface area (Å²) in [4.78, 5) is 22.2. The molecule has 2 N–H and O–H groups in total. The number of methoxy groups -OCH3 is 2. The van der Waals surface area contributed by atoms with Crippen molar-refractivity contribution in [3.8, 4) is 11.5 Å². The Morgan fingerprint density at radius 1 is 1.00 bits per heavy atom. The molecule has 1 amide bonds. The third-order valence-corrected chi connectivity index (χ3v) is 9.25. The molecule has 1 aliphatic rings. The number of hydrogen-bond donors (Lipinski definition) is 2. The molecule has 4 aromatic rings. The summed E-state index contributed by atoms with van der Waals surface area (Å²) in [7, 11) is -0.779. The number of fused-ring (bicyclic) bond motifs is 1. The van der Waals surface area contributed by atoms with E-state index in [0.29, 0.717) is 24.6 Å². The molecule has 1 saturated heterocycles. The first-order valence-corrected chi connectivity index (χ1v) is 15.2. The number of hydrogen-bond acceptors (Lipinski definition) is 9. The van der Waals surface area contributed by atoms with Crippen LogP contribution in [0, 0.1) is 5.82 Å². The average molecular weight is 600 g/mol. The zero-order valence-electron chi connectivity index (χ0n) is 22.6. The number of carbonyl (C=O) groups excluding carboxylic acids is 1. The van der Waals surface area contributed by atoms with Gasteiger partial charge in [-0.1, -0.05) is 23.5 Å². The molecule has 1 aromatic heterocycles. The molecule has 5 rings (SSSR count). The second-order valence-electron chi connectivity index (χ2n) is 9.33. The highest BCUT2D eigenvalue weighted by Gasteiger charge is 2.23. The van der Waals surface area contributed by atoms with Crippen LogP contribution in [0.4, 0.5) is 15.2 Å². The molecular formula is C28H30FN5O5S2. The van der Waals surface area contributed by atoms with Gasteiger partial charge in [-0.25, -0.2) is 17.8 Å². The normalized spacial score (nSPS) is 14.2. The van der Waals surface area contributed by atoms with Gasteiger partial charge in [-0.15, -0.1) is 0 Å². The van der Waals surface area contributed by atoms with Crippen molar-refractivity contribution in [2.24, 2.45) is 0 Å². The van der Waals surface area contributed by atoms with Crippen molar-refractivity contribution in [2.45, 2.75) is 4.90 Å². The molecule has 10 nitrogen and oxygen atoms in total. The summed E-state index contributed by atoms with van der Waals surface area (Å²) in [6, 6.07) is 14.7. The van der Waals surface area contributed by atoms with E-state index < -0.39 is 15.8 Å². The van der Waals surface area contributed by atoms with Crippen LogP contribution >= 0.6 is 11.3 Å². The molecule has 1 aliphatic heterocycles. The highest BCUT2D eigenvalue weighted by atomic mass is 32.2. The minimum absolute atomic E-state index is 0.0991. The van der Waals surface area contributed by atoms with Gasteiger partial charge >= 0.3 is 0 Å². The summed E-state index contributed by atoms with van der Waals surface area (Å²) >= 11 is 1.62. The maximum absolute atomic E-state index is 13.2. The van der Waals surface area contributed by atoms with E-state index in [9.17, 15) is 17.6 Å². The molecule has 216 valence electrons. The van der Waals surface area contributed by atoms with Crippen molar-refractivity contribution in [1.82, 2.24) is 15.2 Å². The molecule has 0 atom stereocenters. The average Bonchev–Trinajstić information content (AvgIpc) is 3.41. The number of nitrogens with zero attached hydrogens (tertiary/aromatic N) is 3. The molecule has 13 heteroatoms. The van der Waals surface area contributed by atoms with E-state index in [2.05, 4.69) is 19.8 Å². The van der Waals surface area contributed by atoms with Gasteiger partial charge < -0.3 is 19.7 Å². The van der Waals surface area contributed by atoms with Gasteiger partial charge in [-0.2, -0.15) is 0 Å². The number of para-hydroxylation sites is 1. The van der Waals surface area contributed by atoms with Crippen molar-refractivity contribution in [1.29, 1.82) is 0 Å². The lowest BCUT2D eigenvalue weighted by Gasteiger charge is -2.34. The van der Waals surface area contributed by atoms with E-state index >= 15 is 0 Å². The predicted molar refractivity (Wildman–Crippen MR) is 157 cm³/mol. The highest BCUT2D eigenvalue weighted by Crippen LogP contribution is 2.40. The summed E-state index contributed by atoms with van der Waals surface area (Å²) in [5.41, 5.74) is 1.14. The maximum Gasteiger partial charge on any atom is 0.261 e. The van der Waals surface area contributed by atoms with Crippen molar-refractivity contribution >= 4 is 48.3 Å². The fourth-order valence-electron chi connectivity index (χ4n) is 4.61. The fraction of sp³-hybridized carbons (Fsp3) is 0.286. The van der Waals surface area contributed by atoms with Crippen LogP contribution in [0.5, 0.6) is 11.5 Å². The number of rotatable bonds is 10. The summed E-state index contributed by atoms with van der Waals surface area (Å²) in [6.45, 7) is 4.24. The van der Waals surface area contributed by atoms with Crippen LogP contribution in [0.2, 0.25) is 0 Å². The van der Waals surface area contributed by atoms with Gasteiger partial charge in [0.1, 0.15) is 11.3 Å². The lowest BCUT2D eigenvalue weighted by atomic mass is 10.1. The molecule has 0 bridgehead atoms. The Hall–Kier alpha value is -3.94. The topological polar surface area (TPSA) is 113 Å². The summed E-state index contributed by atoms with van der Waals surface area (Å²) in [6.07, 6.45) is 0. The Kier molecular flexibility index (Phi) is 8.57. The summed E-state index contributed by atoms with van der Waals surface area (Å²) < 4.78 is 53.1. The molecule has 0 saturated carbocycles. The number of piperazine rings is 1. The molecule has 2 heterocycles. The number of aromatic nitrogens is 1. The van der Waals surface area contributed by atoms with Gasteiger partial charge in [0.25, 0.3) is 15.9 Å². The van der Waals surface area contributed by atoms with Crippen molar-refractivity contribution in [3.63, 3.8) is 0 Å². The smallest absolute Gasteiger partial charge is 0.261 e. The molecular weight excluding hydrogens is 569 g/mol. The Morgan fingerprint density at radius 3 is 2.44 bits per heavy atom. The maximum atomic E-state index is 13.2. The van der Waals surface area contributed by atoms with Crippen LogP contribution in [-0.2, 0) is 10.0 Å². The van der Waals surface area contributed by atoms with Crippen molar-refractivity contribution < 1.29 is 27.1 Å². The zero-order chi connectivity index (χ0) is 29.0. The van der Waals surface area contributed by atoms with Gasteiger partial charge in [-0.3, -0.25) is 14.4 Å². The van der Waals surface area contributed by atoms with Crippen LogP contribution in [0.15, 0.2) is 65.6 Å². The number of ether oxygens (including phenoxy) is 2. The number of halogens is 1. The molecule has 41 heavy (non-hydrogen) atoms. The standard InChI is InChI=1S/C28H30FN5O5S2/c1-38-23-11-12-24-25(26(23)39-2)31-28(40-24)34-17-15-33(16-18-34)14-13-30-27(35)21-5-3-4-6-22(21)32-41(36,37)20-9-7-19(29)8-10-20/h3-12,32H,13-18H2,1-2H3,(H,30,35). The minimum Gasteiger partial charge on any atom is -0.493 e. The number of carbonyl (C=O) groups is 1. The largest absolute Gasteiger partial charge is 0.493 e. The van der Waals surface area contributed by atoms with Gasteiger partial charge in [0.15, 0.2) is 16.6 Å². The SMILES string of the molecule is COc1ccc2sc(N3CCN(CCNC(=O)c4ccccc4NS(=O)(=O)c4ccc(F)cc4)CC3)nc2c1OC. The second-order valence-corrected chi connectivity index (χ2v) is 12.0. The van der Waals surface area contributed by atoms with E-state index in [-0.39, 0.29) is 22.1 Å². The second kappa shape index (κ2) is 12.3. The van der Waals surface area contributed by atoms with Crippen LogP contribution < -0.4 is 24.4 Å². The molecule has 0 unspecified atom stereocenters. The zero-order valence-corrected chi connectivity index (χ0v) is 24.2. The van der Waals surface area contributed by atoms with E-state index in [0.717, 1.165) is 53.7 Å². The number of amides is 1. The molecule has 0 spiro atoms. The van der Waals surface area contributed by atoms with E-state index in [1.54, 1.807) is 43.8 Å². The lowest BCUT2D eigenvalue weighted by molar-refractivity contribution is 0.0948. The van der Waals surface area contributed by atoms with Gasteiger partial charge in [-0.05, 0) is 48.5 Å².